The van der Waals surface area contributed by atoms with Gasteiger partial charge < -0.3 is 19.8 Å². The van der Waals surface area contributed by atoms with Gasteiger partial charge in [-0.25, -0.2) is 4.21 Å². The van der Waals surface area contributed by atoms with Gasteiger partial charge in [-0.3, -0.25) is 9.52 Å². The molecule has 3 aliphatic rings. The second-order valence-corrected chi connectivity index (χ2v) is 14.8. The van der Waals surface area contributed by atoms with Crippen LogP contribution in [0.15, 0.2) is 36.4 Å². The predicted molar refractivity (Wildman–Crippen MR) is 168 cm³/mol. The molecule has 2 aromatic carbocycles. The minimum atomic E-state index is -1.49. The summed E-state index contributed by atoms with van der Waals surface area (Å²) in [4.78, 5) is 15.7. The molecule has 1 amide bonds. The van der Waals surface area contributed by atoms with Gasteiger partial charge in [0.2, 0.25) is 0 Å². The van der Waals surface area contributed by atoms with E-state index in [-0.39, 0.29) is 28.4 Å². The van der Waals surface area contributed by atoms with E-state index >= 15 is 0 Å². The lowest BCUT2D eigenvalue weighted by Crippen LogP contribution is -2.48. The highest BCUT2D eigenvalue weighted by Gasteiger charge is 2.43. The number of hydrogen-bond donors (Lipinski definition) is 3. The quantitative estimate of drug-likeness (QED) is 0.294. The van der Waals surface area contributed by atoms with Gasteiger partial charge in [-0.15, -0.1) is 0 Å². The van der Waals surface area contributed by atoms with E-state index in [1.54, 1.807) is 6.07 Å². The number of rotatable bonds is 10. The van der Waals surface area contributed by atoms with Crippen molar-refractivity contribution in [2.75, 3.05) is 24.6 Å². The molecule has 5 rings (SSSR count). The van der Waals surface area contributed by atoms with E-state index in [4.69, 9.17) is 16.3 Å². The number of nitrogens with zero attached hydrogens (tertiary/aromatic N) is 1. The smallest absolute Gasteiger partial charge is 0.263 e. The van der Waals surface area contributed by atoms with E-state index < -0.39 is 17.3 Å². The molecule has 1 heterocycles. The van der Waals surface area contributed by atoms with E-state index in [1.807, 2.05) is 25.1 Å². The fourth-order valence-corrected chi connectivity index (χ4v) is 8.38. The first-order valence-corrected chi connectivity index (χ1v) is 17.1. The Morgan fingerprint density at radius 3 is 2.69 bits per heavy atom. The molecule has 9 heteroatoms. The van der Waals surface area contributed by atoms with Crippen LogP contribution >= 0.6 is 11.6 Å². The number of ether oxygens (including phenoxy) is 1. The third kappa shape index (κ3) is 6.67. The van der Waals surface area contributed by atoms with Crippen LogP contribution in [0.4, 0.5) is 5.69 Å². The molecular weight excluding hydrogens is 572 g/mol. The highest BCUT2D eigenvalue weighted by atomic mass is 35.5. The molecule has 2 aromatic rings. The summed E-state index contributed by atoms with van der Waals surface area (Å²) in [5.41, 5.74) is 3.61. The van der Waals surface area contributed by atoms with Gasteiger partial charge in [-0.05, 0) is 105 Å². The molecule has 7 nitrogen and oxygen atoms in total. The van der Waals surface area contributed by atoms with Crippen LogP contribution in [0.3, 0.4) is 0 Å². The molecule has 0 radical (unpaired) electrons. The Kier molecular flexibility index (Phi) is 9.87. The zero-order chi connectivity index (χ0) is 30.0. The molecule has 0 saturated heterocycles. The summed E-state index contributed by atoms with van der Waals surface area (Å²) in [6.07, 6.45) is 6.05. The van der Waals surface area contributed by atoms with Crippen molar-refractivity contribution in [1.82, 2.24) is 4.72 Å². The monoisotopic (exact) mass is 616 g/mol. The Morgan fingerprint density at radius 2 is 1.98 bits per heavy atom. The molecule has 1 aliphatic heterocycles. The minimum absolute atomic E-state index is 0.147. The van der Waals surface area contributed by atoms with Crippen molar-refractivity contribution >= 4 is 34.2 Å². The lowest BCUT2D eigenvalue weighted by atomic mass is 9.69. The maximum atomic E-state index is 13.3. The van der Waals surface area contributed by atoms with Gasteiger partial charge in [0.05, 0.1) is 17.5 Å². The van der Waals surface area contributed by atoms with Crippen LogP contribution in [0.5, 0.6) is 5.75 Å². The van der Waals surface area contributed by atoms with Gasteiger partial charge >= 0.3 is 0 Å². The summed E-state index contributed by atoms with van der Waals surface area (Å²) in [7, 11) is -1.49. The maximum Gasteiger partial charge on any atom is 0.263 e. The molecule has 3 N–H and O–H groups in total. The number of aryl methyl sites for hydroxylation is 1. The minimum Gasteiger partial charge on any atom is -0.490 e. The van der Waals surface area contributed by atoms with Crippen molar-refractivity contribution in [3.05, 3.63) is 58.1 Å². The number of fused-ring (bicyclic) bond motifs is 3. The maximum absolute atomic E-state index is 13.3. The molecule has 230 valence electrons. The van der Waals surface area contributed by atoms with Crippen molar-refractivity contribution in [2.24, 2.45) is 17.8 Å². The van der Waals surface area contributed by atoms with Gasteiger partial charge in [-0.1, -0.05) is 37.9 Å². The number of hydrogen-bond acceptors (Lipinski definition) is 6. The largest absolute Gasteiger partial charge is 0.490 e. The van der Waals surface area contributed by atoms with Crippen LogP contribution in [-0.2, 0) is 22.8 Å². The van der Waals surface area contributed by atoms with E-state index in [9.17, 15) is 19.2 Å². The number of carbonyl (C=O) groups excluding carboxylic acids is 1. The van der Waals surface area contributed by atoms with E-state index in [0.717, 1.165) is 74.5 Å². The predicted octanol–water partition coefficient (Wildman–Crippen LogP) is 5.76. The van der Waals surface area contributed by atoms with Crippen LogP contribution in [0, 0.1) is 17.8 Å². The molecule has 1 spiro atoms. The summed E-state index contributed by atoms with van der Waals surface area (Å²) in [5, 5.41) is 19.9. The van der Waals surface area contributed by atoms with E-state index in [0.29, 0.717) is 24.5 Å². The standard InChI is InChI=1S/C33H45ClN2O5S/c1-4-6-21(2)22(3)42(40)35-32(39)25-10-13-30-29(16-25)36(18-26-9-8-23(26)17-31(37)38)19-33(20-41-30)14-5-7-24-15-27(34)11-12-28(24)33/h10-13,15-16,21-23,26,31,37-38H,4-9,14,17-20H2,1-3H3,(H,35,39)/t21?,22?,23?,26?,33-,42?/m0/s1. The van der Waals surface area contributed by atoms with Crippen LogP contribution in [0.1, 0.15) is 87.2 Å². The first-order valence-electron chi connectivity index (χ1n) is 15.5. The van der Waals surface area contributed by atoms with Crippen LogP contribution in [0.2, 0.25) is 5.02 Å². The molecule has 42 heavy (non-hydrogen) atoms. The Balaban J connectivity index is 1.45. The lowest BCUT2D eigenvalue weighted by Gasteiger charge is -2.44. The Bertz CT molecular complexity index is 1310. The second kappa shape index (κ2) is 13.2. The van der Waals surface area contributed by atoms with E-state index in [1.165, 1.54) is 11.1 Å². The van der Waals surface area contributed by atoms with Crippen LogP contribution < -0.4 is 14.4 Å². The number of anilines is 1. The topological polar surface area (TPSA) is 99.1 Å². The molecule has 1 fully saturated rings. The highest BCUT2D eigenvalue weighted by Crippen LogP contribution is 2.46. The van der Waals surface area contributed by atoms with Gasteiger partial charge in [-0.2, -0.15) is 0 Å². The molecule has 5 unspecified atom stereocenters. The number of nitrogens with one attached hydrogen (secondary N) is 1. The van der Waals surface area contributed by atoms with Gasteiger partial charge in [0.15, 0.2) is 6.29 Å². The highest BCUT2D eigenvalue weighted by molar-refractivity contribution is 7.84. The number of carbonyl (C=O) groups is 1. The van der Waals surface area contributed by atoms with E-state index in [2.05, 4.69) is 35.6 Å². The zero-order valence-corrected chi connectivity index (χ0v) is 26.6. The van der Waals surface area contributed by atoms with Crippen molar-refractivity contribution < 1.29 is 24.0 Å². The molecule has 6 atom stereocenters. The first kappa shape index (κ1) is 31.3. The lowest BCUT2D eigenvalue weighted by molar-refractivity contribution is -0.0720. The summed E-state index contributed by atoms with van der Waals surface area (Å²) >= 11 is 6.38. The Morgan fingerprint density at radius 1 is 1.19 bits per heavy atom. The number of aliphatic hydroxyl groups excluding tert-OH is 1. The number of benzene rings is 2. The van der Waals surface area contributed by atoms with Gasteiger partial charge in [0.25, 0.3) is 5.91 Å². The van der Waals surface area contributed by atoms with Crippen LogP contribution in [0.25, 0.3) is 0 Å². The zero-order valence-electron chi connectivity index (χ0n) is 25.0. The molecule has 0 aromatic heterocycles. The Labute approximate surface area is 257 Å². The van der Waals surface area contributed by atoms with Crippen LogP contribution in [-0.4, -0.2) is 51.6 Å². The van der Waals surface area contributed by atoms with Gasteiger partial charge in [0.1, 0.15) is 16.7 Å². The van der Waals surface area contributed by atoms with Crippen molar-refractivity contribution in [3.8, 4) is 5.75 Å². The summed E-state index contributed by atoms with van der Waals surface area (Å²) in [6.45, 7) is 8.10. The fourth-order valence-electron chi connectivity index (χ4n) is 7.14. The SMILES string of the molecule is CCCC(C)C(C)S(=O)NC(=O)c1ccc2c(c1)N(CC1CCC1CC(O)O)C[C@@]1(CCCc3cc(Cl)ccc31)CO2. The summed E-state index contributed by atoms with van der Waals surface area (Å²) in [6, 6.07) is 11.7. The average molecular weight is 617 g/mol. The molecule has 2 aliphatic carbocycles. The second-order valence-electron chi connectivity index (χ2n) is 12.8. The molecular formula is C33H45ClN2O5S. The third-order valence-electron chi connectivity index (χ3n) is 9.92. The number of halogens is 1. The fraction of sp³-hybridized carbons (Fsp3) is 0.606. The number of aliphatic hydroxyl groups is 2. The normalized spacial score (nSPS) is 25.5. The molecule has 0 bridgehead atoms. The van der Waals surface area contributed by atoms with Crippen molar-refractivity contribution in [1.29, 1.82) is 0 Å². The summed E-state index contributed by atoms with van der Waals surface area (Å²) in [5.74, 6) is 1.17. The first-order chi connectivity index (χ1) is 20.1. The van der Waals surface area contributed by atoms with Crippen molar-refractivity contribution in [3.63, 3.8) is 0 Å². The van der Waals surface area contributed by atoms with Gasteiger partial charge in [0, 0.05) is 35.5 Å². The Hall–Kier alpha value is -2.13. The third-order valence-corrected chi connectivity index (χ3v) is 11.7. The number of amides is 1. The molecule has 1 saturated carbocycles. The average Bonchev–Trinajstić information content (AvgIpc) is 3.10. The van der Waals surface area contributed by atoms with Crippen molar-refractivity contribution in [2.45, 2.75) is 89.1 Å². The summed E-state index contributed by atoms with van der Waals surface area (Å²) < 4.78 is 22.3.